The van der Waals surface area contributed by atoms with Crippen LogP contribution in [0.15, 0.2) is 91.0 Å². The molecule has 0 saturated heterocycles. The number of rotatable bonds is 13. The Bertz CT molecular complexity index is 1500. The van der Waals surface area contributed by atoms with Crippen molar-refractivity contribution in [2.24, 2.45) is 0 Å². The molecule has 1 amide bonds. The summed E-state index contributed by atoms with van der Waals surface area (Å²) in [6, 6.07) is 31.2. The average Bonchev–Trinajstić information content (AvgIpc) is 3.36. The van der Waals surface area contributed by atoms with Gasteiger partial charge in [-0.15, -0.1) is 0 Å². The summed E-state index contributed by atoms with van der Waals surface area (Å²) < 4.78 is 11.9. The summed E-state index contributed by atoms with van der Waals surface area (Å²) in [6.07, 6.45) is 3.61. The molecule has 238 valence electrons. The number of alkyl halides is 1. The van der Waals surface area contributed by atoms with Crippen LogP contribution in [0.5, 0.6) is 11.5 Å². The molecule has 45 heavy (non-hydrogen) atoms. The highest BCUT2D eigenvalue weighted by molar-refractivity contribution is 9.09. The van der Waals surface area contributed by atoms with E-state index in [2.05, 4.69) is 122 Å². The molecule has 0 spiro atoms. The van der Waals surface area contributed by atoms with E-state index in [4.69, 9.17) is 9.47 Å². The lowest BCUT2D eigenvalue weighted by Crippen LogP contribution is -2.47. The molecule has 4 aromatic rings. The van der Waals surface area contributed by atoms with Crippen molar-refractivity contribution in [2.75, 3.05) is 19.0 Å². The fourth-order valence-electron chi connectivity index (χ4n) is 6.21. The van der Waals surface area contributed by atoms with Crippen molar-refractivity contribution in [3.63, 3.8) is 0 Å². The first-order valence-corrected chi connectivity index (χ1v) is 17.9. The summed E-state index contributed by atoms with van der Waals surface area (Å²) >= 11 is 7.49. The van der Waals surface area contributed by atoms with Crippen LogP contribution >= 0.6 is 23.9 Å². The van der Waals surface area contributed by atoms with Gasteiger partial charge in [0, 0.05) is 30.0 Å². The van der Waals surface area contributed by atoms with Gasteiger partial charge in [0.15, 0.2) is 0 Å². The zero-order valence-corrected chi connectivity index (χ0v) is 29.2. The van der Waals surface area contributed by atoms with Crippen molar-refractivity contribution < 1.29 is 14.3 Å². The van der Waals surface area contributed by atoms with E-state index >= 15 is 0 Å². The number of aryl methyl sites for hydroxylation is 1. The number of ether oxygens (including phenoxy) is 2. The largest absolute Gasteiger partial charge is 0.496 e. The van der Waals surface area contributed by atoms with Crippen LogP contribution in [0.4, 0.5) is 0 Å². The minimum Gasteiger partial charge on any atom is -0.496 e. The molecule has 0 unspecified atom stereocenters. The Kier molecular flexibility index (Phi) is 14.2. The SMILES string of the molecule is C.CCCN(Cc1ccc(OCc2ccc(C)cc2)cc1OC)C(=O)C1(CCCCBr)c2ccccc2-c2ccccc21.P=S. The van der Waals surface area contributed by atoms with Gasteiger partial charge in [-0.3, -0.25) is 4.79 Å². The number of benzene rings is 4. The Balaban J connectivity index is 0.00000180. The van der Waals surface area contributed by atoms with Gasteiger partial charge in [0.05, 0.1) is 7.11 Å². The normalized spacial score (nSPS) is 12.1. The summed E-state index contributed by atoms with van der Waals surface area (Å²) in [5.74, 6) is 1.64. The molecule has 1 aliphatic rings. The minimum absolute atomic E-state index is 0. The standard InChI is InChI=1S/C37H40BrNO3.CH4.HPS/c1-4-23-39(25-29-19-20-30(24-35(29)41-3)42-26-28-17-15-27(2)16-18-28)36(40)37(21-9-10-22-38)33-13-7-5-11-31(33)32-12-6-8-14-34(32)37;;1-2/h5-8,11-20,24H,4,9-10,21-23,25-26H2,1-3H3;1H4;1H. The second kappa shape index (κ2) is 17.6. The molecule has 4 nitrogen and oxygen atoms in total. The Hall–Kier alpha value is -3.05. The lowest BCUT2D eigenvalue weighted by atomic mass is 9.73. The van der Waals surface area contributed by atoms with Crippen LogP contribution in [-0.2, 0) is 35.2 Å². The number of methoxy groups -OCH3 is 1. The number of hydrogen-bond acceptors (Lipinski definition) is 4. The molecular weight excluding hydrogens is 661 g/mol. The third kappa shape index (κ3) is 8.03. The van der Waals surface area contributed by atoms with Gasteiger partial charge in [-0.25, -0.2) is 0 Å². The number of carbonyl (C=O) groups excluding carboxylic acids is 1. The van der Waals surface area contributed by atoms with Gasteiger partial charge in [0.2, 0.25) is 5.91 Å². The van der Waals surface area contributed by atoms with Gasteiger partial charge in [0.1, 0.15) is 23.5 Å². The van der Waals surface area contributed by atoms with Gasteiger partial charge in [-0.2, -0.15) is 0 Å². The van der Waals surface area contributed by atoms with Gasteiger partial charge in [-0.05, 0) is 74.2 Å². The monoisotopic (exact) mass is 705 g/mol. The quantitative estimate of drug-likeness (QED) is 0.0789. The van der Waals surface area contributed by atoms with E-state index < -0.39 is 5.41 Å². The Labute approximate surface area is 285 Å². The second-order valence-corrected chi connectivity index (χ2v) is 11.9. The molecule has 1 aliphatic carbocycles. The second-order valence-electron chi connectivity index (χ2n) is 11.1. The van der Waals surface area contributed by atoms with Crippen molar-refractivity contribution in [1.82, 2.24) is 4.90 Å². The number of hydrogen-bond donors (Lipinski definition) is 0. The van der Waals surface area contributed by atoms with Gasteiger partial charge in [0.25, 0.3) is 0 Å². The number of amides is 1. The summed E-state index contributed by atoms with van der Waals surface area (Å²) in [4.78, 5) is 17.0. The van der Waals surface area contributed by atoms with Crippen LogP contribution < -0.4 is 9.47 Å². The number of fused-ring (bicyclic) bond motifs is 3. The lowest BCUT2D eigenvalue weighted by molar-refractivity contribution is -0.136. The molecule has 0 atom stereocenters. The molecule has 0 N–H and O–H groups in total. The maximum atomic E-state index is 15.0. The van der Waals surface area contributed by atoms with Crippen LogP contribution in [0.1, 0.15) is 67.9 Å². The predicted molar refractivity (Wildman–Crippen MR) is 197 cm³/mol. The highest BCUT2D eigenvalue weighted by Gasteiger charge is 2.50. The molecule has 5 rings (SSSR count). The lowest BCUT2D eigenvalue weighted by Gasteiger charge is -2.37. The summed E-state index contributed by atoms with van der Waals surface area (Å²) in [5.41, 5.74) is 7.19. The van der Waals surface area contributed by atoms with Crippen LogP contribution in [0.2, 0.25) is 0 Å². The van der Waals surface area contributed by atoms with Crippen molar-refractivity contribution in [2.45, 2.75) is 65.5 Å². The van der Waals surface area contributed by atoms with Gasteiger partial charge < -0.3 is 14.4 Å². The third-order valence-corrected chi connectivity index (χ3v) is 8.85. The van der Waals surface area contributed by atoms with Crippen molar-refractivity contribution in [3.05, 3.63) is 119 Å². The predicted octanol–water partition coefficient (Wildman–Crippen LogP) is 10.1. The number of unbranched alkanes of at least 4 members (excludes halogenated alkanes) is 1. The van der Waals surface area contributed by atoms with E-state index in [0.29, 0.717) is 19.7 Å². The maximum absolute atomic E-state index is 15.0. The van der Waals surface area contributed by atoms with Crippen molar-refractivity contribution in [1.29, 1.82) is 0 Å². The molecule has 0 bridgehead atoms. The minimum atomic E-state index is -0.713. The molecule has 4 aromatic carbocycles. The van der Waals surface area contributed by atoms with E-state index in [-0.39, 0.29) is 13.3 Å². The molecule has 0 radical (unpaired) electrons. The maximum Gasteiger partial charge on any atom is 0.238 e. The Morgan fingerprint density at radius 3 is 2.11 bits per heavy atom. The van der Waals surface area contributed by atoms with E-state index in [1.807, 2.05) is 23.1 Å². The molecule has 0 fully saturated rings. The van der Waals surface area contributed by atoms with Gasteiger partial charge in [-0.1, -0.05) is 127 Å². The third-order valence-electron chi connectivity index (χ3n) is 8.29. The van der Waals surface area contributed by atoms with Gasteiger partial charge >= 0.3 is 0 Å². The van der Waals surface area contributed by atoms with Crippen molar-refractivity contribution in [3.8, 4) is 22.6 Å². The molecule has 0 aliphatic heterocycles. The molecule has 7 heteroatoms. The van der Waals surface area contributed by atoms with Crippen LogP contribution in [0.25, 0.3) is 11.1 Å². The fraction of sp³-hybridized carbons (Fsp3) is 0.342. The topological polar surface area (TPSA) is 38.8 Å². The smallest absolute Gasteiger partial charge is 0.238 e. The van der Waals surface area contributed by atoms with E-state index in [1.54, 1.807) is 7.11 Å². The highest BCUT2D eigenvalue weighted by atomic mass is 79.9. The zero-order valence-electron chi connectivity index (χ0n) is 25.8. The first-order chi connectivity index (χ1) is 21.5. The summed E-state index contributed by atoms with van der Waals surface area (Å²) in [6.45, 7) is 5.83. The highest BCUT2D eigenvalue weighted by Crippen LogP contribution is 2.52. The molecule has 0 aromatic heterocycles. The van der Waals surface area contributed by atoms with Crippen LogP contribution in [0.3, 0.4) is 0 Å². The molecular formula is C38H45BrNO3PS. The molecule has 0 saturated carbocycles. The summed E-state index contributed by atoms with van der Waals surface area (Å²) in [5, 5.41) is 0.925. The van der Waals surface area contributed by atoms with E-state index in [1.165, 1.54) is 16.7 Å². The van der Waals surface area contributed by atoms with E-state index in [0.717, 1.165) is 64.8 Å². The average molecular weight is 707 g/mol. The van der Waals surface area contributed by atoms with Crippen LogP contribution in [-0.4, -0.2) is 29.8 Å². The fourth-order valence-corrected chi connectivity index (χ4v) is 6.61. The summed E-state index contributed by atoms with van der Waals surface area (Å²) in [7, 11) is 4.24. The molecule has 0 heterocycles. The number of carbonyl (C=O) groups is 1. The zero-order chi connectivity index (χ0) is 31.5. The Morgan fingerprint density at radius 1 is 0.911 bits per heavy atom. The van der Waals surface area contributed by atoms with Crippen molar-refractivity contribution >= 4 is 41.7 Å². The first kappa shape index (κ1) is 36.4. The number of nitrogens with zero attached hydrogens (tertiary/aromatic N) is 1. The van der Waals surface area contributed by atoms with Crippen LogP contribution in [0, 0.1) is 6.92 Å². The van der Waals surface area contributed by atoms with E-state index in [9.17, 15) is 4.79 Å². The number of halogens is 1. The Morgan fingerprint density at radius 2 is 1.53 bits per heavy atom. The first-order valence-electron chi connectivity index (χ1n) is 15.1.